The lowest BCUT2D eigenvalue weighted by Gasteiger charge is -1.90. The normalized spacial score (nSPS) is 9.11. The minimum absolute atomic E-state index is 0.0180. The molecule has 46 valence electrons. The van der Waals surface area contributed by atoms with E-state index in [4.69, 9.17) is 16.6 Å². The Bertz CT molecular complexity index is 189. The molecule has 2 nitrogen and oxygen atoms in total. The summed E-state index contributed by atoms with van der Waals surface area (Å²) in [5.41, 5.74) is 0.777. The molecule has 0 atom stereocenters. The van der Waals surface area contributed by atoms with E-state index in [2.05, 4.69) is 4.98 Å². The smallest absolute Gasteiger partial charge is 0.306 e. The summed E-state index contributed by atoms with van der Waals surface area (Å²) in [7, 11) is 0.0180. The molecule has 1 rings (SSSR count). The summed E-state index contributed by atoms with van der Waals surface area (Å²) in [6, 6.07) is 3.38. The molecule has 0 fully saturated rings. The Morgan fingerprint density at radius 2 is 2.33 bits per heavy atom. The topological polar surface area (TPSA) is 33.1 Å². The van der Waals surface area contributed by atoms with Crippen molar-refractivity contribution in [2.45, 2.75) is 0 Å². The van der Waals surface area contributed by atoms with Crippen molar-refractivity contribution in [2.75, 3.05) is 0 Å². The summed E-state index contributed by atoms with van der Waals surface area (Å²) < 4.78 is 0. The minimum Gasteiger partial charge on any atom is -0.449 e. The van der Waals surface area contributed by atoms with Crippen molar-refractivity contribution in [1.29, 1.82) is 0 Å². The number of halogens is 1. The zero-order chi connectivity index (χ0) is 6.69. The summed E-state index contributed by atoms with van der Waals surface area (Å²) in [5, 5.41) is 9.00. The van der Waals surface area contributed by atoms with Crippen LogP contribution in [-0.2, 0) is 0 Å². The van der Waals surface area contributed by atoms with Crippen LogP contribution in [0, 0.1) is 0 Å². The first-order chi connectivity index (χ1) is 4.33. The fraction of sp³-hybridized carbons (Fsp3) is 0. The first kappa shape index (κ1) is 6.58. The van der Waals surface area contributed by atoms with Crippen molar-refractivity contribution in [3.05, 3.63) is 23.5 Å². The summed E-state index contributed by atoms with van der Waals surface area (Å²) >= 11 is 5.48. The molecule has 1 aromatic rings. The SMILES string of the molecule is OBc1ccc(Cl)nc1. The molecule has 0 saturated carbocycles. The van der Waals surface area contributed by atoms with Crippen LogP contribution in [0.4, 0.5) is 0 Å². The molecule has 1 heterocycles. The van der Waals surface area contributed by atoms with Crippen LogP contribution >= 0.6 is 11.6 Å². The maximum Gasteiger partial charge on any atom is 0.306 e. The summed E-state index contributed by atoms with van der Waals surface area (Å²) in [5.74, 6) is 0. The van der Waals surface area contributed by atoms with Gasteiger partial charge in [0.1, 0.15) is 5.15 Å². The second-order valence-electron chi connectivity index (χ2n) is 1.65. The molecule has 0 saturated heterocycles. The van der Waals surface area contributed by atoms with Crippen LogP contribution < -0.4 is 5.46 Å². The molecule has 1 aromatic heterocycles. The lowest BCUT2D eigenvalue weighted by atomic mass is 9.91. The number of aromatic nitrogens is 1. The van der Waals surface area contributed by atoms with E-state index in [1.165, 1.54) is 0 Å². The highest BCUT2D eigenvalue weighted by Gasteiger charge is 1.91. The number of nitrogens with zero attached hydrogens (tertiary/aromatic N) is 1. The standard InChI is InChI=1S/C5H5BClNO/c7-5-2-1-4(6-9)3-8-5/h1-3,6,9H. The van der Waals surface area contributed by atoms with Crippen molar-refractivity contribution in [1.82, 2.24) is 4.98 Å². The molecule has 0 bridgehead atoms. The molecule has 0 aliphatic heterocycles. The zero-order valence-electron chi connectivity index (χ0n) is 4.71. The van der Waals surface area contributed by atoms with Gasteiger partial charge in [-0.05, 0) is 11.5 Å². The lowest BCUT2D eigenvalue weighted by molar-refractivity contribution is 0.615. The van der Waals surface area contributed by atoms with Crippen LogP contribution in [-0.4, -0.2) is 17.5 Å². The molecule has 1 N–H and O–H groups in total. The second-order valence-corrected chi connectivity index (χ2v) is 2.03. The number of pyridine rings is 1. The summed E-state index contributed by atoms with van der Waals surface area (Å²) in [4.78, 5) is 3.76. The molecule has 0 radical (unpaired) electrons. The van der Waals surface area contributed by atoms with Gasteiger partial charge in [-0.15, -0.1) is 0 Å². The highest BCUT2D eigenvalue weighted by Crippen LogP contribution is 1.97. The number of hydrogen-bond acceptors (Lipinski definition) is 2. The van der Waals surface area contributed by atoms with Crippen LogP contribution in [0.2, 0.25) is 5.15 Å². The predicted molar refractivity (Wildman–Crippen MR) is 38.2 cm³/mol. The van der Waals surface area contributed by atoms with Crippen LogP contribution in [0.15, 0.2) is 18.3 Å². The third kappa shape index (κ3) is 1.70. The van der Waals surface area contributed by atoms with Gasteiger partial charge in [-0.25, -0.2) is 4.98 Å². The van der Waals surface area contributed by atoms with E-state index in [0.29, 0.717) is 5.15 Å². The monoisotopic (exact) mass is 141 g/mol. The van der Waals surface area contributed by atoms with Gasteiger partial charge in [0.15, 0.2) is 0 Å². The van der Waals surface area contributed by atoms with Gasteiger partial charge >= 0.3 is 7.48 Å². The van der Waals surface area contributed by atoms with Gasteiger partial charge in [0, 0.05) is 6.20 Å². The van der Waals surface area contributed by atoms with E-state index in [-0.39, 0.29) is 7.48 Å². The average molecular weight is 141 g/mol. The molecular weight excluding hydrogens is 136 g/mol. The zero-order valence-corrected chi connectivity index (χ0v) is 5.47. The van der Waals surface area contributed by atoms with Gasteiger partial charge < -0.3 is 5.02 Å². The Kier molecular flexibility index (Phi) is 2.08. The predicted octanol–water partition coefficient (Wildman–Crippen LogP) is -0.296. The van der Waals surface area contributed by atoms with Gasteiger partial charge in [0.25, 0.3) is 0 Å². The van der Waals surface area contributed by atoms with E-state index < -0.39 is 0 Å². The maximum absolute atomic E-state index is 8.55. The molecule has 9 heavy (non-hydrogen) atoms. The fourth-order valence-corrected chi connectivity index (χ4v) is 0.612. The van der Waals surface area contributed by atoms with Crippen LogP contribution in [0.25, 0.3) is 0 Å². The Hall–Kier alpha value is -0.535. The minimum atomic E-state index is 0.0180. The van der Waals surface area contributed by atoms with Crippen LogP contribution in [0.1, 0.15) is 0 Å². The van der Waals surface area contributed by atoms with E-state index in [1.54, 1.807) is 18.3 Å². The van der Waals surface area contributed by atoms with Crippen LogP contribution in [0.3, 0.4) is 0 Å². The molecule has 0 unspecified atom stereocenters. The Morgan fingerprint density at radius 1 is 1.56 bits per heavy atom. The van der Waals surface area contributed by atoms with Crippen molar-refractivity contribution < 1.29 is 5.02 Å². The largest absolute Gasteiger partial charge is 0.449 e. The molecule has 0 amide bonds. The van der Waals surface area contributed by atoms with Gasteiger partial charge in [0.05, 0.1) is 0 Å². The van der Waals surface area contributed by atoms with Gasteiger partial charge in [-0.2, -0.15) is 0 Å². The fourth-order valence-electron chi connectivity index (χ4n) is 0.500. The highest BCUT2D eigenvalue weighted by molar-refractivity contribution is 6.45. The Morgan fingerprint density at radius 3 is 2.78 bits per heavy atom. The molecule has 0 aromatic carbocycles. The third-order valence-corrected chi connectivity index (χ3v) is 1.19. The van der Waals surface area contributed by atoms with Gasteiger partial charge in [0.2, 0.25) is 0 Å². The van der Waals surface area contributed by atoms with E-state index in [0.717, 1.165) is 5.46 Å². The molecule has 0 spiro atoms. The van der Waals surface area contributed by atoms with E-state index in [1.807, 2.05) is 0 Å². The summed E-state index contributed by atoms with van der Waals surface area (Å²) in [6.45, 7) is 0. The van der Waals surface area contributed by atoms with Crippen LogP contribution in [0.5, 0.6) is 0 Å². The van der Waals surface area contributed by atoms with E-state index >= 15 is 0 Å². The van der Waals surface area contributed by atoms with Gasteiger partial charge in [-0.1, -0.05) is 17.7 Å². The maximum atomic E-state index is 8.55. The first-order valence-corrected chi connectivity index (χ1v) is 2.92. The first-order valence-electron chi connectivity index (χ1n) is 2.54. The average Bonchev–Trinajstić information content (AvgIpc) is 1.90. The number of rotatable bonds is 1. The summed E-state index contributed by atoms with van der Waals surface area (Å²) in [6.07, 6.45) is 1.54. The molecule has 0 aliphatic carbocycles. The number of hydrogen-bond donors (Lipinski definition) is 1. The molecular formula is C5H5BClNO. The molecule has 4 heteroatoms. The lowest BCUT2D eigenvalue weighted by Crippen LogP contribution is -2.12. The highest BCUT2D eigenvalue weighted by atomic mass is 35.5. The van der Waals surface area contributed by atoms with E-state index in [9.17, 15) is 0 Å². The Labute approximate surface area is 58.8 Å². The van der Waals surface area contributed by atoms with Crippen molar-refractivity contribution in [3.63, 3.8) is 0 Å². The van der Waals surface area contributed by atoms with Crippen molar-refractivity contribution in [3.8, 4) is 0 Å². The quantitative estimate of drug-likeness (QED) is 0.430. The molecule has 0 aliphatic rings. The van der Waals surface area contributed by atoms with Gasteiger partial charge in [-0.3, -0.25) is 0 Å². The van der Waals surface area contributed by atoms with Crippen molar-refractivity contribution in [2.24, 2.45) is 0 Å². The Balaban J connectivity index is 2.88. The third-order valence-electron chi connectivity index (χ3n) is 0.971. The van der Waals surface area contributed by atoms with Crippen molar-refractivity contribution >= 4 is 24.5 Å². The second kappa shape index (κ2) is 2.85.